The number of hydrogen-bond acceptors (Lipinski definition) is 4. The maximum atomic E-state index is 6.35. The Morgan fingerprint density at radius 3 is 2.21 bits per heavy atom. The molecule has 161 valence electrons. The first-order valence-corrected chi connectivity index (χ1v) is 12.8. The van der Waals surface area contributed by atoms with Crippen LogP contribution in [0.25, 0.3) is 42.7 Å². The molecule has 0 saturated carbocycles. The molecule has 0 spiro atoms. The van der Waals surface area contributed by atoms with Gasteiger partial charge >= 0.3 is 15.9 Å². The van der Waals surface area contributed by atoms with Gasteiger partial charge in [0.15, 0.2) is 0 Å². The average Bonchev–Trinajstić information content (AvgIpc) is 3.34. The second-order valence-corrected chi connectivity index (χ2v) is 9.57. The Morgan fingerprint density at radius 1 is 0.618 bits per heavy atom. The molecular formula is C29H19AlNO2S. The van der Waals surface area contributed by atoms with Gasteiger partial charge in [-0.3, -0.25) is 0 Å². The lowest BCUT2D eigenvalue weighted by molar-refractivity contribution is 0.463. The standard InChI is InChI=1S/C17H11NOS.C12H10O.Al/c19-16-12-6-2-1-5-11(12)9-10-13(16)17-18-14-7-3-4-8-15(14)20-17;13-12-8-6-11(7-9-12)10-4-2-1-3-5-10;/h1-10,19H;1-9,13H;/q;;+2/p-2. The van der Waals surface area contributed by atoms with Crippen molar-refractivity contribution in [3.8, 4) is 33.2 Å². The van der Waals surface area contributed by atoms with E-state index in [9.17, 15) is 0 Å². The summed E-state index contributed by atoms with van der Waals surface area (Å²) < 4.78 is 13.6. The van der Waals surface area contributed by atoms with Crippen LogP contribution in [0.3, 0.4) is 0 Å². The summed E-state index contributed by atoms with van der Waals surface area (Å²) in [5.41, 5.74) is 4.35. The minimum atomic E-state index is -0.753. The van der Waals surface area contributed by atoms with Gasteiger partial charge in [-0.05, 0) is 46.8 Å². The minimum absolute atomic E-state index is 0.753. The van der Waals surface area contributed by atoms with E-state index < -0.39 is 15.9 Å². The summed E-state index contributed by atoms with van der Waals surface area (Å²) in [5.74, 6) is 1.63. The van der Waals surface area contributed by atoms with Gasteiger partial charge in [0.05, 0.1) is 16.0 Å². The van der Waals surface area contributed by atoms with Gasteiger partial charge in [0, 0.05) is 10.9 Å². The highest BCUT2D eigenvalue weighted by molar-refractivity contribution is 7.21. The molecule has 0 aliphatic rings. The van der Waals surface area contributed by atoms with E-state index in [1.807, 2.05) is 60.7 Å². The van der Waals surface area contributed by atoms with Gasteiger partial charge in [-0.15, -0.1) is 11.3 Å². The Balaban J connectivity index is 1.27. The summed E-state index contributed by atoms with van der Waals surface area (Å²) in [6.07, 6.45) is 0. The first-order chi connectivity index (χ1) is 16.8. The summed E-state index contributed by atoms with van der Waals surface area (Å²) in [4.78, 5) is 4.86. The summed E-state index contributed by atoms with van der Waals surface area (Å²) in [5, 5.41) is 3.15. The molecule has 0 N–H and O–H groups in total. The Morgan fingerprint density at radius 2 is 1.35 bits per heavy atom. The molecule has 0 saturated heterocycles. The van der Waals surface area contributed by atoms with Crippen molar-refractivity contribution < 1.29 is 7.58 Å². The van der Waals surface area contributed by atoms with Crippen LogP contribution in [0.2, 0.25) is 0 Å². The van der Waals surface area contributed by atoms with Crippen LogP contribution in [0, 0.1) is 0 Å². The Labute approximate surface area is 208 Å². The molecule has 5 aromatic carbocycles. The van der Waals surface area contributed by atoms with E-state index in [1.165, 1.54) is 10.3 Å². The maximum absolute atomic E-state index is 6.35. The predicted molar refractivity (Wildman–Crippen MR) is 141 cm³/mol. The van der Waals surface area contributed by atoms with Gasteiger partial charge < -0.3 is 7.58 Å². The van der Waals surface area contributed by atoms with E-state index in [0.717, 1.165) is 43.9 Å². The van der Waals surface area contributed by atoms with Crippen LogP contribution in [0.1, 0.15) is 0 Å². The predicted octanol–water partition coefficient (Wildman–Crippen LogP) is 7.78. The molecule has 6 aromatic rings. The molecule has 0 aliphatic heterocycles. The molecule has 1 aromatic heterocycles. The number of aromatic nitrogens is 1. The number of benzene rings is 5. The van der Waals surface area contributed by atoms with E-state index in [4.69, 9.17) is 12.6 Å². The van der Waals surface area contributed by atoms with Crippen molar-refractivity contribution in [3.05, 3.63) is 115 Å². The van der Waals surface area contributed by atoms with Gasteiger partial charge in [-0.25, -0.2) is 4.98 Å². The zero-order valence-corrected chi connectivity index (χ0v) is 20.2. The van der Waals surface area contributed by atoms with E-state index in [1.54, 1.807) is 11.3 Å². The molecule has 0 bridgehead atoms. The molecule has 34 heavy (non-hydrogen) atoms. The second kappa shape index (κ2) is 9.32. The zero-order valence-electron chi connectivity index (χ0n) is 18.2. The molecule has 0 unspecified atom stereocenters. The second-order valence-electron chi connectivity index (χ2n) is 7.87. The van der Waals surface area contributed by atoms with Crippen LogP contribution in [0.5, 0.6) is 11.5 Å². The van der Waals surface area contributed by atoms with Gasteiger partial charge in [0.25, 0.3) is 0 Å². The van der Waals surface area contributed by atoms with Crippen LogP contribution in [-0.2, 0) is 0 Å². The first-order valence-electron chi connectivity index (χ1n) is 11.0. The molecule has 3 nitrogen and oxygen atoms in total. The number of hydrogen-bond donors (Lipinski definition) is 0. The third kappa shape index (κ3) is 4.18. The fourth-order valence-electron chi connectivity index (χ4n) is 4.01. The van der Waals surface area contributed by atoms with Crippen LogP contribution in [0.15, 0.2) is 115 Å². The summed E-state index contributed by atoms with van der Waals surface area (Å²) in [6, 6.07) is 39.2. The normalized spacial score (nSPS) is 10.9. The van der Waals surface area contributed by atoms with Crippen molar-refractivity contribution >= 4 is 48.2 Å². The van der Waals surface area contributed by atoms with Gasteiger partial charge in [-0.2, -0.15) is 0 Å². The topological polar surface area (TPSA) is 31.4 Å². The smallest absolute Gasteiger partial charge is 0.616 e. The number of para-hydroxylation sites is 1. The lowest BCUT2D eigenvalue weighted by Crippen LogP contribution is -2.11. The molecule has 1 heterocycles. The van der Waals surface area contributed by atoms with Crippen molar-refractivity contribution in [2.75, 3.05) is 0 Å². The highest BCUT2D eigenvalue weighted by Crippen LogP contribution is 2.40. The number of thiazole rings is 1. The van der Waals surface area contributed by atoms with Crippen molar-refractivity contribution in [2.24, 2.45) is 0 Å². The van der Waals surface area contributed by atoms with Crippen molar-refractivity contribution in [1.29, 1.82) is 0 Å². The van der Waals surface area contributed by atoms with Gasteiger partial charge in [0.2, 0.25) is 0 Å². The SMILES string of the molecule is c1ccc(-c2ccc([O][Al][O]c3c(-c4nc5ccccc5s4)ccc4ccccc34)cc2)cc1. The zero-order chi connectivity index (χ0) is 22.7. The molecule has 0 aliphatic carbocycles. The number of rotatable bonds is 6. The fraction of sp³-hybridized carbons (Fsp3) is 0. The number of fused-ring (bicyclic) bond motifs is 2. The Kier molecular flexibility index (Phi) is 5.75. The van der Waals surface area contributed by atoms with Crippen molar-refractivity contribution in [2.45, 2.75) is 0 Å². The van der Waals surface area contributed by atoms with Crippen molar-refractivity contribution in [1.82, 2.24) is 4.98 Å². The molecule has 0 atom stereocenters. The van der Waals surface area contributed by atoms with Crippen LogP contribution >= 0.6 is 11.3 Å². The van der Waals surface area contributed by atoms with E-state index in [-0.39, 0.29) is 0 Å². The third-order valence-corrected chi connectivity index (χ3v) is 7.49. The van der Waals surface area contributed by atoms with E-state index in [2.05, 4.69) is 54.6 Å². The summed E-state index contributed by atoms with van der Waals surface area (Å²) in [7, 11) is 0. The minimum Gasteiger partial charge on any atom is -0.616 e. The van der Waals surface area contributed by atoms with E-state index >= 15 is 0 Å². The van der Waals surface area contributed by atoms with Crippen LogP contribution in [-0.4, -0.2) is 20.9 Å². The number of nitrogens with zero attached hydrogens (tertiary/aromatic N) is 1. The lowest BCUT2D eigenvalue weighted by Gasteiger charge is -2.15. The first kappa shape index (κ1) is 21.0. The monoisotopic (exact) mass is 472 g/mol. The Hall–Kier alpha value is -3.62. The summed E-state index contributed by atoms with van der Waals surface area (Å²) >= 11 is 0.927. The Bertz CT molecular complexity index is 1550. The third-order valence-electron chi connectivity index (χ3n) is 5.72. The largest absolute Gasteiger partial charge is 0.881 e. The maximum Gasteiger partial charge on any atom is 0.881 e. The molecule has 6 rings (SSSR count). The molecule has 5 heteroatoms. The quantitative estimate of drug-likeness (QED) is 0.232. The lowest BCUT2D eigenvalue weighted by atomic mass is 10.1. The van der Waals surface area contributed by atoms with Crippen LogP contribution in [0.4, 0.5) is 0 Å². The average molecular weight is 473 g/mol. The highest BCUT2D eigenvalue weighted by Gasteiger charge is 2.17. The van der Waals surface area contributed by atoms with Gasteiger partial charge in [-0.1, -0.05) is 84.9 Å². The molecule has 0 amide bonds. The van der Waals surface area contributed by atoms with Crippen LogP contribution < -0.4 is 7.58 Å². The molecule has 1 radical (unpaired) electrons. The highest BCUT2D eigenvalue weighted by atomic mass is 32.1. The summed E-state index contributed by atoms with van der Waals surface area (Å²) in [6.45, 7) is 0. The van der Waals surface area contributed by atoms with E-state index in [0.29, 0.717) is 0 Å². The van der Waals surface area contributed by atoms with Gasteiger partial charge in [0.1, 0.15) is 10.8 Å². The molecular weight excluding hydrogens is 453 g/mol. The fourth-order valence-corrected chi connectivity index (χ4v) is 5.66. The van der Waals surface area contributed by atoms with Crippen molar-refractivity contribution in [3.63, 3.8) is 0 Å². The molecule has 0 fully saturated rings.